The second kappa shape index (κ2) is 11.1. The van der Waals surface area contributed by atoms with Gasteiger partial charge in [0.1, 0.15) is 5.69 Å². The SMILES string of the molecule is O=C1S/C(=C\c2cc([N+](=O)[O-])c(N3CCOCC3)cc2N2CCOCC2)C(=O)N1Cc1ccccc1Cl. The Balaban J connectivity index is 1.53. The first-order valence-corrected chi connectivity index (χ1v) is 13.1. The molecule has 3 aliphatic rings. The number of nitro benzene ring substituents is 1. The maximum Gasteiger partial charge on any atom is 0.293 e. The van der Waals surface area contributed by atoms with Gasteiger partial charge in [0.2, 0.25) is 0 Å². The number of thioether (sulfide) groups is 1. The number of nitro groups is 1. The number of rotatable bonds is 6. The van der Waals surface area contributed by atoms with E-state index in [4.69, 9.17) is 21.1 Å². The van der Waals surface area contributed by atoms with Crippen LogP contribution in [0.2, 0.25) is 5.02 Å². The van der Waals surface area contributed by atoms with Gasteiger partial charge in [-0.1, -0.05) is 29.8 Å². The van der Waals surface area contributed by atoms with Crippen LogP contribution in [0.3, 0.4) is 0 Å². The zero-order valence-corrected chi connectivity index (χ0v) is 21.5. The lowest BCUT2D eigenvalue weighted by Crippen LogP contribution is -2.38. The van der Waals surface area contributed by atoms with Crippen molar-refractivity contribution in [1.82, 2.24) is 4.90 Å². The van der Waals surface area contributed by atoms with Gasteiger partial charge in [0, 0.05) is 48.5 Å². The smallest absolute Gasteiger partial charge is 0.293 e. The maximum absolute atomic E-state index is 13.2. The van der Waals surface area contributed by atoms with Crippen LogP contribution in [-0.4, -0.2) is 73.6 Å². The topological polar surface area (TPSA) is 105 Å². The Morgan fingerprint density at radius 3 is 2.22 bits per heavy atom. The van der Waals surface area contributed by atoms with Crippen LogP contribution in [0, 0.1) is 10.1 Å². The normalized spacial score (nSPS) is 19.7. The quantitative estimate of drug-likeness (QED) is 0.301. The second-order valence-electron chi connectivity index (χ2n) is 8.71. The van der Waals surface area contributed by atoms with Crippen molar-refractivity contribution in [2.24, 2.45) is 0 Å². The molecule has 12 heteroatoms. The number of morpholine rings is 2. The van der Waals surface area contributed by atoms with E-state index in [1.165, 1.54) is 6.07 Å². The van der Waals surface area contributed by atoms with Crippen LogP contribution in [0.4, 0.5) is 21.9 Å². The summed E-state index contributed by atoms with van der Waals surface area (Å²) >= 11 is 7.05. The third kappa shape index (κ3) is 5.45. The van der Waals surface area contributed by atoms with Crippen molar-refractivity contribution in [3.63, 3.8) is 0 Å². The minimum absolute atomic E-state index is 0.0497. The van der Waals surface area contributed by atoms with E-state index in [9.17, 15) is 19.7 Å². The van der Waals surface area contributed by atoms with E-state index >= 15 is 0 Å². The van der Waals surface area contributed by atoms with Crippen LogP contribution < -0.4 is 9.80 Å². The van der Waals surface area contributed by atoms with Gasteiger partial charge in [-0.3, -0.25) is 24.6 Å². The van der Waals surface area contributed by atoms with Crippen LogP contribution in [0.15, 0.2) is 41.3 Å². The number of imide groups is 1. The third-order valence-corrected chi connectivity index (χ3v) is 7.75. The van der Waals surface area contributed by atoms with Gasteiger partial charge in [0.05, 0.1) is 42.8 Å². The molecule has 0 spiro atoms. The Morgan fingerprint density at radius 2 is 1.59 bits per heavy atom. The van der Waals surface area contributed by atoms with Crippen molar-refractivity contribution in [1.29, 1.82) is 0 Å². The second-order valence-corrected chi connectivity index (χ2v) is 10.1. The molecule has 0 saturated carbocycles. The standard InChI is InChI=1S/C25H25ClN4O6S/c26-19-4-2-1-3-17(19)16-29-24(31)23(37-25(29)32)14-18-13-22(30(33)34)21(28-7-11-36-12-8-28)15-20(18)27-5-9-35-10-6-27/h1-4,13-15H,5-12,16H2/b23-14-. The first-order valence-electron chi connectivity index (χ1n) is 11.9. The Labute approximate surface area is 222 Å². The molecule has 3 aliphatic heterocycles. The molecule has 0 bridgehead atoms. The molecule has 37 heavy (non-hydrogen) atoms. The zero-order valence-electron chi connectivity index (χ0n) is 19.9. The van der Waals surface area contributed by atoms with Crippen molar-refractivity contribution in [2.75, 3.05) is 62.4 Å². The summed E-state index contributed by atoms with van der Waals surface area (Å²) < 4.78 is 10.9. The van der Waals surface area contributed by atoms with Crippen molar-refractivity contribution in [2.45, 2.75) is 6.54 Å². The summed E-state index contributed by atoms with van der Waals surface area (Å²) in [7, 11) is 0. The van der Waals surface area contributed by atoms with Crippen LogP contribution in [0.25, 0.3) is 6.08 Å². The van der Waals surface area contributed by atoms with Gasteiger partial charge in [-0.25, -0.2) is 0 Å². The average molecular weight is 545 g/mol. The molecule has 0 aliphatic carbocycles. The summed E-state index contributed by atoms with van der Waals surface area (Å²) in [5.41, 5.74) is 2.38. The summed E-state index contributed by atoms with van der Waals surface area (Å²) in [4.78, 5) is 43.1. The van der Waals surface area contributed by atoms with Gasteiger partial charge in [0.15, 0.2) is 0 Å². The van der Waals surface area contributed by atoms with Gasteiger partial charge < -0.3 is 19.3 Å². The monoisotopic (exact) mass is 544 g/mol. The van der Waals surface area contributed by atoms with E-state index in [2.05, 4.69) is 4.90 Å². The van der Waals surface area contributed by atoms with Crippen LogP contribution >= 0.6 is 23.4 Å². The molecule has 2 aromatic carbocycles. The molecule has 0 atom stereocenters. The number of nitrogens with zero attached hydrogens (tertiary/aromatic N) is 4. The molecule has 3 fully saturated rings. The highest BCUT2D eigenvalue weighted by atomic mass is 35.5. The van der Waals surface area contributed by atoms with Gasteiger partial charge in [-0.05, 0) is 35.5 Å². The molecule has 0 aromatic heterocycles. The molecule has 3 heterocycles. The lowest BCUT2D eigenvalue weighted by molar-refractivity contribution is -0.384. The largest absolute Gasteiger partial charge is 0.378 e. The number of carbonyl (C=O) groups is 2. The first-order chi connectivity index (χ1) is 17.9. The van der Waals surface area contributed by atoms with E-state index in [-0.39, 0.29) is 17.1 Å². The van der Waals surface area contributed by atoms with Crippen molar-refractivity contribution >= 4 is 57.6 Å². The summed E-state index contributed by atoms with van der Waals surface area (Å²) in [5.74, 6) is -0.456. The minimum atomic E-state index is -0.456. The predicted molar refractivity (Wildman–Crippen MR) is 142 cm³/mol. The number of ether oxygens (including phenoxy) is 2. The Morgan fingerprint density at radius 1 is 0.973 bits per heavy atom. The number of hydrogen-bond acceptors (Lipinski definition) is 9. The fourth-order valence-electron chi connectivity index (χ4n) is 4.55. The highest BCUT2D eigenvalue weighted by Gasteiger charge is 2.36. The van der Waals surface area contributed by atoms with Gasteiger partial charge >= 0.3 is 0 Å². The van der Waals surface area contributed by atoms with Crippen molar-refractivity contribution in [3.05, 3.63) is 67.6 Å². The molecule has 3 saturated heterocycles. The van der Waals surface area contributed by atoms with E-state index in [1.54, 1.807) is 30.3 Å². The summed E-state index contributed by atoms with van der Waals surface area (Å²) in [6.07, 6.45) is 1.58. The average Bonchev–Trinajstić information content (AvgIpc) is 3.18. The van der Waals surface area contributed by atoms with Crippen molar-refractivity contribution < 1.29 is 24.0 Å². The molecule has 0 N–H and O–H groups in total. The summed E-state index contributed by atoms with van der Waals surface area (Å²) in [5, 5.41) is 12.1. The molecular formula is C25H25ClN4O6S. The highest BCUT2D eigenvalue weighted by Crippen LogP contribution is 2.40. The Hall–Kier alpha value is -3.12. The number of carbonyl (C=O) groups excluding carboxylic acids is 2. The molecule has 5 rings (SSSR count). The van der Waals surface area contributed by atoms with Gasteiger partial charge in [0.25, 0.3) is 16.8 Å². The van der Waals surface area contributed by atoms with Crippen LogP contribution in [0.1, 0.15) is 11.1 Å². The minimum Gasteiger partial charge on any atom is -0.378 e. The number of anilines is 2. The van der Waals surface area contributed by atoms with Crippen LogP contribution in [-0.2, 0) is 20.8 Å². The molecule has 0 unspecified atom stereocenters. The fraction of sp³-hybridized carbons (Fsp3) is 0.360. The predicted octanol–water partition coefficient (Wildman–Crippen LogP) is 4.16. The maximum atomic E-state index is 13.2. The van der Waals surface area contributed by atoms with Crippen LogP contribution in [0.5, 0.6) is 0 Å². The van der Waals surface area contributed by atoms with Gasteiger partial charge in [-0.15, -0.1) is 0 Å². The molecule has 194 valence electrons. The van der Waals surface area contributed by atoms with E-state index in [0.717, 1.165) is 22.3 Å². The summed E-state index contributed by atoms with van der Waals surface area (Å²) in [6.45, 7) is 4.38. The number of hydrogen-bond donors (Lipinski definition) is 0. The summed E-state index contributed by atoms with van der Waals surface area (Å²) in [6, 6.07) is 10.3. The molecule has 10 nitrogen and oxygen atoms in total. The lowest BCUT2D eigenvalue weighted by atomic mass is 10.1. The third-order valence-electron chi connectivity index (χ3n) is 6.47. The number of amides is 2. The first kappa shape index (κ1) is 25.5. The number of halogens is 1. The Kier molecular flexibility index (Phi) is 7.65. The van der Waals surface area contributed by atoms with Gasteiger partial charge in [-0.2, -0.15) is 0 Å². The van der Waals surface area contributed by atoms with Crippen molar-refractivity contribution in [3.8, 4) is 0 Å². The highest BCUT2D eigenvalue weighted by molar-refractivity contribution is 8.18. The van der Waals surface area contributed by atoms with E-state index in [0.29, 0.717) is 74.4 Å². The lowest BCUT2D eigenvalue weighted by Gasteiger charge is -2.33. The number of benzene rings is 2. The van der Waals surface area contributed by atoms with E-state index < -0.39 is 16.1 Å². The Bertz CT molecular complexity index is 1260. The molecule has 2 aromatic rings. The molecule has 2 amide bonds. The van der Waals surface area contributed by atoms with E-state index in [1.807, 2.05) is 11.0 Å². The fourth-order valence-corrected chi connectivity index (χ4v) is 5.58. The molecule has 0 radical (unpaired) electrons. The zero-order chi connectivity index (χ0) is 25.9. The molecular weight excluding hydrogens is 520 g/mol.